The summed E-state index contributed by atoms with van der Waals surface area (Å²) in [5, 5.41) is 13.7. The van der Waals surface area contributed by atoms with Gasteiger partial charge in [-0.25, -0.2) is 4.79 Å². The molecule has 0 aliphatic heterocycles. The first-order valence-corrected chi connectivity index (χ1v) is 5.76. The lowest BCUT2D eigenvalue weighted by molar-refractivity contribution is -0.142. The fraction of sp³-hybridized carbons (Fsp3) is 0.727. The van der Waals surface area contributed by atoms with Gasteiger partial charge in [0.15, 0.2) is 0 Å². The Morgan fingerprint density at radius 1 is 1.06 bits per heavy atom. The fourth-order valence-electron chi connectivity index (χ4n) is 1.34. The zero-order valence-electron chi connectivity index (χ0n) is 11.1. The van der Waals surface area contributed by atoms with E-state index in [4.69, 9.17) is 10.8 Å². The second-order valence-corrected chi connectivity index (χ2v) is 4.65. The Morgan fingerprint density at radius 3 is 1.89 bits per heavy atom. The van der Waals surface area contributed by atoms with Gasteiger partial charge in [-0.15, -0.1) is 0 Å². The number of carbonyl (C=O) groups is 3. The third-order valence-corrected chi connectivity index (χ3v) is 2.76. The van der Waals surface area contributed by atoms with E-state index in [1.165, 1.54) is 6.92 Å². The summed E-state index contributed by atoms with van der Waals surface area (Å²) in [5.74, 6) is -2.30. The molecule has 3 amide bonds. The van der Waals surface area contributed by atoms with E-state index in [-0.39, 0.29) is 5.92 Å². The molecule has 0 rings (SSSR count). The number of nitrogens with one attached hydrogen (secondary N) is 2. The maximum atomic E-state index is 11.9. The van der Waals surface area contributed by atoms with E-state index in [1.54, 1.807) is 20.8 Å². The summed E-state index contributed by atoms with van der Waals surface area (Å²) < 4.78 is 0. The van der Waals surface area contributed by atoms with Gasteiger partial charge in [-0.05, 0) is 19.8 Å². The molecule has 0 aliphatic rings. The van der Waals surface area contributed by atoms with E-state index in [0.29, 0.717) is 0 Å². The van der Waals surface area contributed by atoms with Crippen molar-refractivity contribution in [3.05, 3.63) is 0 Å². The summed E-state index contributed by atoms with van der Waals surface area (Å²) >= 11 is 0. The van der Waals surface area contributed by atoms with Gasteiger partial charge in [0.1, 0.15) is 6.04 Å². The van der Waals surface area contributed by atoms with Gasteiger partial charge in [-0.1, -0.05) is 13.8 Å². The Balaban J connectivity index is 4.60. The summed E-state index contributed by atoms with van der Waals surface area (Å²) in [6.07, 6.45) is 0. The Kier molecular flexibility index (Phi) is 6.15. The maximum absolute atomic E-state index is 11.9. The summed E-state index contributed by atoms with van der Waals surface area (Å²) in [6.45, 7) is 6.61. The first kappa shape index (κ1) is 16.2. The van der Waals surface area contributed by atoms with Crippen LogP contribution < -0.4 is 16.4 Å². The zero-order chi connectivity index (χ0) is 14.5. The molecule has 18 heavy (non-hydrogen) atoms. The Labute approximate surface area is 106 Å². The van der Waals surface area contributed by atoms with Crippen LogP contribution in [0.5, 0.6) is 0 Å². The largest absolute Gasteiger partial charge is 0.481 e. The minimum absolute atomic E-state index is 0.148. The molecule has 3 atom stereocenters. The van der Waals surface area contributed by atoms with Crippen LogP contribution >= 0.6 is 0 Å². The number of primary amides is 1. The van der Waals surface area contributed by atoms with Crippen LogP contribution in [0.4, 0.5) is 4.79 Å². The summed E-state index contributed by atoms with van der Waals surface area (Å²) in [6, 6.07) is -2.10. The molecule has 0 fully saturated rings. The van der Waals surface area contributed by atoms with Crippen LogP contribution in [-0.4, -0.2) is 35.1 Å². The zero-order valence-corrected chi connectivity index (χ0v) is 11.1. The molecule has 104 valence electrons. The highest BCUT2D eigenvalue weighted by atomic mass is 16.4. The molecule has 7 nitrogen and oxygen atoms in total. The predicted molar refractivity (Wildman–Crippen MR) is 65.7 cm³/mol. The first-order valence-electron chi connectivity index (χ1n) is 5.76. The lowest BCUT2D eigenvalue weighted by Gasteiger charge is -2.24. The lowest BCUT2D eigenvalue weighted by Crippen LogP contribution is -2.54. The molecule has 0 saturated carbocycles. The molecule has 0 aromatic rings. The van der Waals surface area contributed by atoms with E-state index in [2.05, 4.69) is 10.6 Å². The Morgan fingerprint density at radius 2 is 1.56 bits per heavy atom. The van der Waals surface area contributed by atoms with Gasteiger partial charge < -0.3 is 21.5 Å². The maximum Gasteiger partial charge on any atom is 0.312 e. The van der Waals surface area contributed by atoms with Gasteiger partial charge in [-0.2, -0.15) is 0 Å². The summed E-state index contributed by atoms with van der Waals surface area (Å²) in [5.41, 5.74) is 4.98. The van der Waals surface area contributed by atoms with Crippen molar-refractivity contribution in [3.8, 4) is 0 Å². The molecule has 0 aromatic heterocycles. The van der Waals surface area contributed by atoms with Crippen LogP contribution in [0, 0.1) is 11.8 Å². The van der Waals surface area contributed by atoms with E-state index < -0.39 is 35.9 Å². The second kappa shape index (κ2) is 6.83. The number of nitrogens with two attached hydrogens (primary N) is 1. The van der Waals surface area contributed by atoms with E-state index in [1.807, 2.05) is 0 Å². The Bertz CT molecular complexity index is 330. The highest BCUT2D eigenvalue weighted by Crippen LogP contribution is 2.06. The average molecular weight is 259 g/mol. The van der Waals surface area contributed by atoms with E-state index in [0.717, 1.165) is 0 Å². The van der Waals surface area contributed by atoms with E-state index in [9.17, 15) is 14.4 Å². The minimum atomic E-state index is -0.994. The van der Waals surface area contributed by atoms with Gasteiger partial charge in [-0.3, -0.25) is 9.59 Å². The van der Waals surface area contributed by atoms with Crippen molar-refractivity contribution in [3.63, 3.8) is 0 Å². The number of rotatable bonds is 6. The number of carboxylic acid groups (broad SMARTS) is 1. The summed E-state index contributed by atoms with van der Waals surface area (Å²) in [7, 11) is 0. The van der Waals surface area contributed by atoms with Crippen LogP contribution in [0.1, 0.15) is 27.7 Å². The molecule has 3 unspecified atom stereocenters. The van der Waals surface area contributed by atoms with Gasteiger partial charge in [0.25, 0.3) is 0 Å². The molecule has 7 heteroatoms. The number of hydrogen-bond donors (Lipinski definition) is 4. The van der Waals surface area contributed by atoms with E-state index >= 15 is 0 Å². The van der Waals surface area contributed by atoms with Crippen molar-refractivity contribution in [1.82, 2.24) is 10.6 Å². The van der Waals surface area contributed by atoms with Crippen molar-refractivity contribution < 1.29 is 19.5 Å². The molecule has 0 aliphatic carbocycles. The van der Waals surface area contributed by atoms with Crippen molar-refractivity contribution in [2.24, 2.45) is 17.6 Å². The summed E-state index contributed by atoms with van der Waals surface area (Å²) in [4.78, 5) is 33.4. The van der Waals surface area contributed by atoms with Crippen LogP contribution in [-0.2, 0) is 9.59 Å². The minimum Gasteiger partial charge on any atom is -0.481 e. The first-order chi connectivity index (χ1) is 8.16. The average Bonchev–Trinajstić information content (AvgIpc) is 2.23. The number of hydrogen-bond acceptors (Lipinski definition) is 3. The molecular formula is C11H21N3O4. The van der Waals surface area contributed by atoms with Gasteiger partial charge in [0, 0.05) is 6.04 Å². The standard InChI is InChI=1S/C11H21N3O4/c1-5(2)8(14-11(12)18)9(15)13-7(4)6(3)10(16)17/h5-8H,1-4H3,(H,13,15)(H,16,17)(H3,12,14,18). The normalized spacial score (nSPS) is 15.6. The van der Waals surface area contributed by atoms with Crippen molar-refractivity contribution in [1.29, 1.82) is 0 Å². The number of aliphatic carboxylic acids is 1. The third-order valence-electron chi connectivity index (χ3n) is 2.76. The van der Waals surface area contributed by atoms with Gasteiger partial charge >= 0.3 is 12.0 Å². The Hall–Kier alpha value is -1.79. The highest BCUT2D eigenvalue weighted by Gasteiger charge is 2.27. The van der Waals surface area contributed by atoms with Crippen LogP contribution in [0.2, 0.25) is 0 Å². The number of carboxylic acids is 1. The topological polar surface area (TPSA) is 122 Å². The van der Waals surface area contributed by atoms with Crippen LogP contribution in [0.15, 0.2) is 0 Å². The molecule has 0 radical (unpaired) electrons. The lowest BCUT2D eigenvalue weighted by atomic mass is 10.0. The quantitative estimate of drug-likeness (QED) is 0.532. The molecule has 0 spiro atoms. The van der Waals surface area contributed by atoms with Crippen LogP contribution in [0.25, 0.3) is 0 Å². The molecule has 0 heterocycles. The fourth-order valence-corrected chi connectivity index (χ4v) is 1.34. The molecule has 0 saturated heterocycles. The SMILES string of the molecule is CC(C)C(NC(N)=O)C(=O)NC(C)C(C)C(=O)O. The highest BCUT2D eigenvalue weighted by molar-refractivity contribution is 5.87. The molecule has 0 aromatic carbocycles. The molecular weight excluding hydrogens is 238 g/mol. The number of carbonyl (C=O) groups excluding carboxylic acids is 2. The second-order valence-electron chi connectivity index (χ2n) is 4.65. The monoisotopic (exact) mass is 259 g/mol. The van der Waals surface area contributed by atoms with Crippen molar-refractivity contribution in [2.45, 2.75) is 39.8 Å². The van der Waals surface area contributed by atoms with Crippen molar-refractivity contribution in [2.75, 3.05) is 0 Å². The molecule has 5 N–H and O–H groups in total. The number of amides is 3. The van der Waals surface area contributed by atoms with Crippen LogP contribution in [0.3, 0.4) is 0 Å². The molecule has 0 bridgehead atoms. The predicted octanol–water partition coefficient (Wildman–Crippen LogP) is -0.0953. The van der Waals surface area contributed by atoms with Crippen molar-refractivity contribution >= 4 is 17.9 Å². The number of urea groups is 1. The van der Waals surface area contributed by atoms with Gasteiger partial charge in [0.2, 0.25) is 5.91 Å². The third kappa shape index (κ3) is 5.03. The smallest absolute Gasteiger partial charge is 0.312 e. The van der Waals surface area contributed by atoms with Gasteiger partial charge in [0.05, 0.1) is 5.92 Å².